The first kappa shape index (κ1) is 18.9. The van der Waals surface area contributed by atoms with Crippen molar-refractivity contribution < 1.29 is 9.47 Å². The van der Waals surface area contributed by atoms with Crippen LogP contribution in [0.2, 0.25) is 0 Å². The summed E-state index contributed by atoms with van der Waals surface area (Å²) in [7, 11) is 3.28. The fourth-order valence-corrected chi connectivity index (χ4v) is 2.48. The van der Waals surface area contributed by atoms with E-state index in [-0.39, 0.29) is 0 Å². The number of aliphatic imine (C=N–C) groups is 1. The zero-order valence-corrected chi connectivity index (χ0v) is 14.9. The molecule has 3 nitrogen and oxygen atoms in total. The minimum atomic E-state index is 0.295. The molecule has 0 aliphatic rings. The highest BCUT2D eigenvalue weighted by atomic mass is 16.5. The first-order valence-electron chi connectivity index (χ1n) is 7.62. The Hall–Kier alpha value is -2.13. The van der Waals surface area contributed by atoms with E-state index in [9.17, 15) is 0 Å². The van der Waals surface area contributed by atoms with Crippen molar-refractivity contribution in [3.8, 4) is 0 Å². The first-order chi connectivity index (χ1) is 10.9. The van der Waals surface area contributed by atoms with E-state index in [1.54, 1.807) is 14.2 Å². The number of aryl methyl sites for hydroxylation is 2. The number of hydrogen-bond donors (Lipinski definition) is 0. The van der Waals surface area contributed by atoms with Crippen LogP contribution in [0.5, 0.6) is 0 Å². The van der Waals surface area contributed by atoms with E-state index in [0.717, 1.165) is 28.2 Å². The average Bonchev–Trinajstić information content (AvgIpc) is 2.50. The van der Waals surface area contributed by atoms with Gasteiger partial charge in [-0.05, 0) is 43.5 Å². The molecule has 1 rings (SSSR count). The number of rotatable bonds is 8. The van der Waals surface area contributed by atoms with Crippen LogP contribution in [-0.4, -0.2) is 26.7 Å². The molecular formula is C20H27NO2. The van der Waals surface area contributed by atoms with Crippen LogP contribution in [0.15, 0.2) is 53.8 Å². The number of hydrogen-bond acceptors (Lipinski definition) is 3. The van der Waals surface area contributed by atoms with Crippen LogP contribution in [0.4, 0.5) is 0 Å². The van der Waals surface area contributed by atoms with Crippen molar-refractivity contribution in [1.29, 1.82) is 0 Å². The van der Waals surface area contributed by atoms with Crippen LogP contribution < -0.4 is 0 Å². The van der Waals surface area contributed by atoms with Crippen LogP contribution in [-0.2, 0) is 15.9 Å². The number of methoxy groups -OCH3 is 2. The van der Waals surface area contributed by atoms with E-state index in [2.05, 4.69) is 44.1 Å². The lowest BCUT2D eigenvalue weighted by Crippen LogP contribution is -2.11. The second kappa shape index (κ2) is 9.11. The van der Waals surface area contributed by atoms with Gasteiger partial charge < -0.3 is 9.47 Å². The molecule has 0 amide bonds. The molecule has 0 spiro atoms. The fraction of sp³-hybridized carbons (Fsp3) is 0.350. The summed E-state index contributed by atoms with van der Waals surface area (Å²) in [5, 5.41) is 0. The monoisotopic (exact) mass is 313 g/mol. The molecule has 0 aliphatic heterocycles. The summed E-state index contributed by atoms with van der Waals surface area (Å²) in [4.78, 5) is 4.58. The van der Waals surface area contributed by atoms with Crippen LogP contribution in [0, 0.1) is 13.8 Å². The molecule has 124 valence electrons. The van der Waals surface area contributed by atoms with Gasteiger partial charge in [0, 0.05) is 19.1 Å². The standard InChI is InChI=1S/C20H27NO2/c1-8-9-15(3)20(21-13-22-6)19-11-14(2)10-16(4)18(19)12-17(5)23-7/h8-11H,3,5,12-13H2,1-2,4,6-7H3/b9-8-,21-20-. The van der Waals surface area contributed by atoms with Gasteiger partial charge in [0.25, 0.3) is 0 Å². The van der Waals surface area contributed by atoms with Crippen molar-refractivity contribution in [2.45, 2.75) is 27.2 Å². The van der Waals surface area contributed by atoms with Crippen molar-refractivity contribution in [3.63, 3.8) is 0 Å². The Labute approximate surface area is 140 Å². The summed E-state index contributed by atoms with van der Waals surface area (Å²) in [5.74, 6) is 0.723. The minimum Gasteiger partial charge on any atom is -0.501 e. The molecule has 0 unspecified atom stereocenters. The maximum atomic E-state index is 5.27. The number of allylic oxidation sites excluding steroid dienone is 4. The third kappa shape index (κ3) is 5.22. The molecule has 1 aromatic rings. The lowest BCUT2D eigenvalue weighted by atomic mass is 9.90. The van der Waals surface area contributed by atoms with Crippen LogP contribution >= 0.6 is 0 Å². The largest absolute Gasteiger partial charge is 0.501 e. The van der Waals surface area contributed by atoms with E-state index in [1.807, 2.05) is 19.1 Å². The highest BCUT2D eigenvalue weighted by molar-refractivity contribution is 6.15. The van der Waals surface area contributed by atoms with Gasteiger partial charge in [-0.1, -0.05) is 36.9 Å². The third-order valence-electron chi connectivity index (χ3n) is 3.56. The molecule has 0 bridgehead atoms. The number of nitrogens with zero attached hydrogens (tertiary/aromatic N) is 1. The van der Waals surface area contributed by atoms with Crippen LogP contribution in [0.25, 0.3) is 0 Å². The van der Waals surface area contributed by atoms with Gasteiger partial charge in [-0.15, -0.1) is 0 Å². The second-order valence-electron chi connectivity index (χ2n) is 5.48. The van der Waals surface area contributed by atoms with Crippen molar-refractivity contribution >= 4 is 5.71 Å². The Balaban J connectivity index is 3.50. The summed E-state index contributed by atoms with van der Waals surface area (Å²) in [6.45, 7) is 14.5. The first-order valence-corrected chi connectivity index (χ1v) is 7.62. The highest BCUT2D eigenvalue weighted by Gasteiger charge is 2.15. The van der Waals surface area contributed by atoms with Gasteiger partial charge in [-0.3, -0.25) is 4.99 Å². The van der Waals surface area contributed by atoms with Crippen molar-refractivity contribution in [2.75, 3.05) is 21.0 Å². The molecule has 0 saturated heterocycles. The van der Waals surface area contributed by atoms with Gasteiger partial charge in [-0.2, -0.15) is 0 Å². The predicted molar refractivity (Wildman–Crippen MR) is 98.1 cm³/mol. The summed E-state index contributed by atoms with van der Waals surface area (Å²) in [6.07, 6.45) is 4.56. The van der Waals surface area contributed by atoms with Gasteiger partial charge in [-0.25, -0.2) is 0 Å². The molecule has 0 radical (unpaired) electrons. The van der Waals surface area contributed by atoms with Crippen molar-refractivity contribution in [3.05, 3.63) is 71.0 Å². The van der Waals surface area contributed by atoms with E-state index in [4.69, 9.17) is 9.47 Å². The van der Waals surface area contributed by atoms with Crippen molar-refractivity contribution in [2.24, 2.45) is 4.99 Å². The maximum absolute atomic E-state index is 5.27. The van der Waals surface area contributed by atoms with E-state index >= 15 is 0 Å². The lowest BCUT2D eigenvalue weighted by Gasteiger charge is -2.17. The second-order valence-corrected chi connectivity index (χ2v) is 5.48. The minimum absolute atomic E-state index is 0.295. The van der Waals surface area contributed by atoms with Gasteiger partial charge in [0.05, 0.1) is 18.6 Å². The molecular weight excluding hydrogens is 286 g/mol. The summed E-state index contributed by atoms with van der Waals surface area (Å²) in [6, 6.07) is 4.29. The summed E-state index contributed by atoms with van der Waals surface area (Å²) in [5.41, 5.74) is 6.29. The Morgan fingerprint density at radius 3 is 2.48 bits per heavy atom. The van der Waals surface area contributed by atoms with Gasteiger partial charge in [0.15, 0.2) is 0 Å². The van der Waals surface area contributed by atoms with E-state index in [1.165, 1.54) is 11.1 Å². The molecule has 23 heavy (non-hydrogen) atoms. The topological polar surface area (TPSA) is 30.8 Å². The Bertz CT molecular complexity index is 639. The molecule has 0 atom stereocenters. The molecule has 0 aromatic heterocycles. The summed E-state index contributed by atoms with van der Waals surface area (Å²) < 4.78 is 10.4. The molecule has 0 saturated carbocycles. The Morgan fingerprint density at radius 2 is 1.91 bits per heavy atom. The molecule has 0 aliphatic carbocycles. The van der Waals surface area contributed by atoms with E-state index in [0.29, 0.717) is 13.2 Å². The van der Waals surface area contributed by atoms with E-state index < -0.39 is 0 Å². The lowest BCUT2D eigenvalue weighted by molar-refractivity contribution is 0.209. The Morgan fingerprint density at radius 1 is 1.22 bits per heavy atom. The quantitative estimate of drug-likeness (QED) is 0.401. The third-order valence-corrected chi connectivity index (χ3v) is 3.56. The predicted octanol–water partition coefficient (Wildman–Crippen LogP) is 4.53. The Kier molecular flexibility index (Phi) is 7.49. The average molecular weight is 313 g/mol. The van der Waals surface area contributed by atoms with Gasteiger partial charge in [0.2, 0.25) is 0 Å². The van der Waals surface area contributed by atoms with Crippen LogP contribution in [0.1, 0.15) is 29.2 Å². The maximum Gasteiger partial charge on any atom is 0.137 e. The number of benzene rings is 1. The normalized spacial score (nSPS) is 11.8. The van der Waals surface area contributed by atoms with Crippen LogP contribution in [0.3, 0.4) is 0 Å². The zero-order chi connectivity index (χ0) is 17.4. The molecule has 0 fully saturated rings. The van der Waals surface area contributed by atoms with Crippen molar-refractivity contribution in [1.82, 2.24) is 0 Å². The smallest absolute Gasteiger partial charge is 0.137 e. The highest BCUT2D eigenvalue weighted by Crippen LogP contribution is 2.24. The molecule has 0 heterocycles. The van der Waals surface area contributed by atoms with Gasteiger partial charge >= 0.3 is 0 Å². The number of ether oxygens (including phenoxy) is 2. The molecule has 3 heteroatoms. The molecule has 1 aromatic carbocycles. The fourth-order valence-electron chi connectivity index (χ4n) is 2.48. The molecule has 0 N–H and O–H groups in total. The summed E-state index contributed by atoms with van der Waals surface area (Å²) >= 11 is 0. The zero-order valence-electron chi connectivity index (χ0n) is 14.9. The SMILES string of the molecule is C=C(Cc1c(C)cc(C)cc1/C(=N\COC)C(=C)/C=C\C)OC. The van der Waals surface area contributed by atoms with Gasteiger partial charge in [0.1, 0.15) is 6.73 Å².